The number of hydrogen-bond donors (Lipinski definition) is 2. The van der Waals surface area contributed by atoms with Crippen LogP contribution in [0.15, 0.2) is 54.7 Å². The van der Waals surface area contributed by atoms with Gasteiger partial charge in [0.1, 0.15) is 23.7 Å². The number of amides is 4. The first-order valence-corrected chi connectivity index (χ1v) is 20.2. The first-order chi connectivity index (χ1) is 27.2. The molecule has 1 unspecified atom stereocenters. The van der Waals surface area contributed by atoms with Crippen molar-refractivity contribution in [2.75, 3.05) is 60.9 Å². The SMILES string of the molecule is N#Cc1ccc(OC2CCC(C(=O)Nc3ccc(N4CCC(CN5CCN(c6ccc7c(c6)C(=O)N(C6CCC(=O)NC6=O)C7)CC5)CC4)cn3)CC2)cc1Cl. The molecule has 8 rings (SSSR count). The normalized spacial score (nSPS) is 23.4. The summed E-state index contributed by atoms with van der Waals surface area (Å²) in [4.78, 5) is 63.9. The highest BCUT2D eigenvalue weighted by Crippen LogP contribution is 2.33. The molecule has 0 radical (unpaired) electrons. The van der Waals surface area contributed by atoms with Gasteiger partial charge in [0.25, 0.3) is 5.91 Å². The number of piperazine rings is 1. The lowest BCUT2D eigenvalue weighted by Crippen LogP contribution is -2.52. The first kappa shape index (κ1) is 37.7. The Kier molecular flexibility index (Phi) is 11.1. The van der Waals surface area contributed by atoms with E-state index < -0.39 is 6.04 Å². The summed E-state index contributed by atoms with van der Waals surface area (Å²) in [5.41, 5.74) is 4.12. The quantitative estimate of drug-likeness (QED) is 0.285. The monoisotopic (exact) mass is 778 g/mol. The molecule has 3 saturated heterocycles. The third-order valence-corrected chi connectivity index (χ3v) is 12.5. The molecule has 1 atom stereocenters. The minimum absolute atomic E-state index is 0.00693. The zero-order valence-corrected chi connectivity index (χ0v) is 32.2. The Hall–Kier alpha value is -5.19. The maximum absolute atomic E-state index is 13.3. The molecule has 14 heteroatoms. The smallest absolute Gasteiger partial charge is 0.255 e. The summed E-state index contributed by atoms with van der Waals surface area (Å²) in [5, 5.41) is 14.9. The number of piperidine rings is 2. The Balaban J connectivity index is 0.743. The van der Waals surface area contributed by atoms with E-state index >= 15 is 0 Å². The van der Waals surface area contributed by atoms with Gasteiger partial charge in [0.05, 0.1) is 28.6 Å². The maximum Gasteiger partial charge on any atom is 0.255 e. The number of carbonyl (C=O) groups excluding carboxylic acids is 4. The largest absolute Gasteiger partial charge is 0.490 e. The lowest BCUT2D eigenvalue weighted by molar-refractivity contribution is -0.137. The number of nitrogens with zero attached hydrogens (tertiary/aromatic N) is 6. The minimum atomic E-state index is -0.600. The highest BCUT2D eigenvalue weighted by atomic mass is 35.5. The zero-order valence-electron chi connectivity index (χ0n) is 31.4. The van der Waals surface area contributed by atoms with Crippen molar-refractivity contribution in [1.29, 1.82) is 5.26 Å². The summed E-state index contributed by atoms with van der Waals surface area (Å²) in [6.45, 7) is 7.13. The van der Waals surface area contributed by atoms with Crippen molar-refractivity contribution < 1.29 is 23.9 Å². The second-order valence-corrected chi connectivity index (χ2v) is 16.1. The van der Waals surface area contributed by atoms with Gasteiger partial charge in [-0.2, -0.15) is 5.26 Å². The van der Waals surface area contributed by atoms with Crippen LogP contribution in [0.2, 0.25) is 5.02 Å². The fourth-order valence-electron chi connectivity index (χ4n) is 8.84. The fourth-order valence-corrected chi connectivity index (χ4v) is 9.05. The molecule has 3 aromatic rings. The van der Waals surface area contributed by atoms with Gasteiger partial charge in [-0.3, -0.25) is 29.4 Å². The van der Waals surface area contributed by atoms with Gasteiger partial charge in [0, 0.05) is 82.0 Å². The van der Waals surface area contributed by atoms with Crippen molar-refractivity contribution in [3.63, 3.8) is 0 Å². The number of ether oxygens (including phenoxy) is 1. The van der Waals surface area contributed by atoms with Crippen LogP contribution in [0.4, 0.5) is 17.2 Å². The predicted molar refractivity (Wildman–Crippen MR) is 211 cm³/mol. The number of pyridine rings is 1. The molecule has 1 saturated carbocycles. The van der Waals surface area contributed by atoms with Gasteiger partial charge in [-0.1, -0.05) is 17.7 Å². The lowest BCUT2D eigenvalue weighted by Gasteiger charge is -2.40. The maximum atomic E-state index is 13.3. The third-order valence-electron chi connectivity index (χ3n) is 12.2. The summed E-state index contributed by atoms with van der Waals surface area (Å²) in [6.07, 6.45) is 7.70. The van der Waals surface area contributed by atoms with Gasteiger partial charge in [-0.25, -0.2) is 4.98 Å². The molecule has 0 bridgehead atoms. The summed E-state index contributed by atoms with van der Waals surface area (Å²) in [5.74, 6) is 0.942. The van der Waals surface area contributed by atoms with Crippen LogP contribution in [0.3, 0.4) is 0 Å². The molecule has 4 fully saturated rings. The van der Waals surface area contributed by atoms with E-state index in [1.54, 1.807) is 23.1 Å². The summed E-state index contributed by atoms with van der Waals surface area (Å²) < 4.78 is 6.08. The van der Waals surface area contributed by atoms with Crippen LogP contribution < -0.4 is 25.2 Å². The number of rotatable bonds is 9. The number of nitrogens with one attached hydrogen (secondary N) is 2. The van der Waals surface area contributed by atoms with Crippen LogP contribution in [0.5, 0.6) is 5.75 Å². The molecule has 5 aliphatic rings. The molecular weight excluding hydrogens is 732 g/mol. The number of halogens is 1. The van der Waals surface area contributed by atoms with E-state index in [4.69, 9.17) is 21.6 Å². The highest BCUT2D eigenvalue weighted by Gasteiger charge is 2.39. The van der Waals surface area contributed by atoms with E-state index in [2.05, 4.69) is 48.5 Å². The van der Waals surface area contributed by atoms with E-state index in [0.29, 0.717) is 46.6 Å². The summed E-state index contributed by atoms with van der Waals surface area (Å²) in [6, 6.07) is 16.6. The van der Waals surface area contributed by atoms with E-state index in [-0.39, 0.29) is 42.1 Å². The highest BCUT2D eigenvalue weighted by molar-refractivity contribution is 6.31. The zero-order chi connectivity index (χ0) is 38.8. The van der Waals surface area contributed by atoms with Crippen molar-refractivity contribution in [3.05, 3.63) is 76.4 Å². The molecule has 13 nitrogen and oxygen atoms in total. The molecule has 0 spiro atoms. The Morgan fingerprint density at radius 1 is 0.893 bits per heavy atom. The molecule has 5 heterocycles. The minimum Gasteiger partial charge on any atom is -0.490 e. The Bertz CT molecular complexity index is 2010. The number of benzene rings is 2. The first-order valence-electron chi connectivity index (χ1n) is 19.8. The van der Waals surface area contributed by atoms with Gasteiger partial charge in [0.2, 0.25) is 17.7 Å². The summed E-state index contributed by atoms with van der Waals surface area (Å²) in [7, 11) is 0. The van der Waals surface area contributed by atoms with Crippen LogP contribution in [0, 0.1) is 23.2 Å². The number of imide groups is 1. The topological polar surface area (TPSA) is 151 Å². The molecule has 4 aliphatic heterocycles. The van der Waals surface area contributed by atoms with Crippen LogP contribution >= 0.6 is 11.6 Å². The molecule has 56 heavy (non-hydrogen) atoms. The van der Waals surface area contributed by atoms with Crippen molar-refractivity contribution >= 4 is 52.4 Å². The van der Waals surface area contributed by atoms with Crippen molar-refractivity contribution in [2.45, 2.75) is 70.1 Å². The molecule has 4 amide bonds. The van der Waals surface area contributed by atoms with Crippen molar-refractivity contribution in [1.82, 2.24) is 20.1 Å². The molecule has 1 aliphatic carbocycles. The van der Waals surface area contributed by atoms with Crippen LogP contribution in [0.1, 0.15) is 72.9 Å². The van der Waals surface area contributed by atoms with Gasteiger partial charge in [-0.15, -0.1) is 0 Å². The molecule has 2 N–H and O–H groups in total. The fraction of sp³-hybridized carbons (Fsp3) is 0.476. The van der Waals surface area contributed by atoms with Crippen LogP contribution in [-0.4, -0.2) is 96.4 Å². The Morgan fingerprint density at radius 3 is 2.34 bits per heavy atom. The average Bonchev–Trinajstić information content (AvgIpc) is 3.54. The Morgan fingerprint density at radius 2 is 1.64 bits per heavy atom. The number of aromatic nitrogens is 1. The molecule has 292 valence electrons. The Labute approximate surface area is 331 Å². The lowest BCUT2D eigenvalue weighted by atomic mass is 9.86. The molecule has 2 aromatic carbocycles. The van der Waals surface area contributed by atoms with Crippen molar-refractivity contribution in [2.24, 2.45) is 11.8 Å². The van der Waals surface area contributed by atoms with Gasteiger partial charge in [0.15, 0.2) is 0 Å². The van der Waals surface area contributed by atoms with Crippen LogP contribution in [0.25, 0.3) is 0 Å². The van der Waals surface area contributed by atoms with Crippen molar-refractivity contribution in [3.8, 4) is 11.8 Å². The van der Waals surface area contributed by atoms with E-state index in [1.807, 2.05) is 24.4 Å². The number of nitriles is 1. The second-order valence-electron chi connectivity index (χ2n) is 15.7. The number of anilines is 3. The van der Waals surface area contributed by atoms with E-state index in [9.17, 15) is 19.2 Å². The number of fused-ring (bicyclic) bond motifs is 1. The number of carbonyl (C=O) groups is 4. The predicted octanol–water partition coefficient (Wildman–Crippen LogP) is 4.98. The number of hydrogen-bond acceptors (Lipinski definition) is 10. The standard InChI is InChI=1S/C42H47ClN8O5/c43-36-22-34(9-4-29(36)23-44)56-33-7-2-28(3-8-33)40(53)46-38-11-6-32(24-45-38)49-15-13-27(14-16-49)25-48-17-19-50(20-18-48)31-5-1-30-26-51(42(55)35(30)21-31)37-10-12-39(52)47-41(37)54/h1,4-6,9,11,21-22,24,27-28,33,37H,2-3,7-8,10,12-20,25-26H2,(H,45,46,53)(H,47,52,54). The molecular formula is C42H47ClN8O5. The van der Waals surface area contributed by atoms with Gasteiger partial charge < -0.3 is 24.8 Å². The van der Waals surface area contributed by atoms with E-state index in [1.165, 1.54) is 0 Å². The third kappa shape index (κ3) is 8.32. The van der Waals surface area contributed by atoms with Gasteiger partial charge >= 0.3 is 0 Å². The van der Waals surface area contributed by atoms with Gasteiger partial charge in [-0.05, 0) is 92.8 Å². The summed E-state index contributed by atoms with van der Waals surface area (Å²) >= 11 is 6.15. The van der Waals surface area contributed by atoms with E-state index in [0.717, 1.165) is 101 Å². The molecule has 1 aromatic heterocycles. The second kappa shape index (κ2) is 16.5. The average molecular weight is 779 g/mol. The van der Waals surface area contributed by atoms with Crippen LogP contribution in [-0.2, 0) is 20.9 Å².